The van der Waals surface area contributed by atoms with Gasteiger partial charge in [0.1, 0.15) is 11.6 Å². The van der Waals surface area contributed by atoms with E-state index in [0.29, 0.717) is 6.04 Å². The summed E-state index contributed by atoms with van der Waals surface area (Å²) in [7, 11) is 0. The SMILES string of the molecule is c1coc([C@H]2CCCN2c2nccc(N[C@@H]3CCCOC3)n2)c1. The average Bonchev–Trinajstić information content (AvgIpc) is 3.27. The van der Waals surface area contributed by atoms with Crippen LogP contribution >= 0.6 is 0 Å². The summed E-state index contributed by atoms with van der Waals surface area (Å²) in [6, 6.07) is 6.47. The summed E-state index contributed by atoms with van der Waals surface area (Å²) in [4.78, 5) is 11.4. The molecule has 0 aromatic carbocycles. The fourth-order valence-corrected chi connectivity index (χ4v) is 3.41. The van der Waals surface area contributed by atoms with E-state index in [-0.39, 0.29) is 6.04 Å². The van der Waals surface area contributed by atoms with Gasteiger partial charge in [-0.15, -0.1) is 0 Å². The third kappa shape index (κ3) is 3.17. The van der Waals surface area contributed by atoms with Crippen LogP contribution in [0.25, 0.3) is 0 Å². The maximum absolute atomic E-state index is 5.59. The molecule has 0 unspecified atom stereocenters. The highest BCUT2D eigenvalue weighted by molar-refractivity contribution is 5.44. The molecule has 2 aliphatic heterocycles. The van der Waals surface area contributed by atoms with Crippen LogP contribution in [0.15, 0.2) is 35.1 Å². The number of nitrogens with one attached hydrogen (secondary N) is 1. The van der Waals surface area contributed by atoms with Gasteiger partial charge in [-0.2, -0.15) is 4.98 Å². The number of nitrogens with zero attached hydrogens (tertiary/aromatic N) is 3. The number of rotatable bonds is 4. The molecule has 2 fully saturated rings. The molecule has 2 aliphatic rings. The van der Waals surface area contributed by atoms with Crippen LogP contribution in [0.4, 0.5) is 11.8 Å². The Bertz CT molecular complexity index is 625. The van der Waals surface area contributed by atoms with Crippen LogP contribution in [0, 0.1) is 0 Å². The number of ether oxygens (including phenoxy) is 1. The van der Waals surface area contributed by atoms with Gasteiger partial charge in [0.2, 0.25) is 5.95 Å². The monoisotopic (exact) mass is 314 g/mol. The Hall–Kier alpha value is -2.08. The summed E-state index contributed by atoms with van der Waals surface area (Å²) < 4.78 is 11.1. The molecule has 0 spiro atoms. The van der Waals surface area contributed by atoms with Crippen LogP contribution in [-0.4, -0.2) is 35.8 Å². The normalized spacial score (nSPS) is 24.8. The number of hydrogen-bond donors (Lipinski definition) is 1. The van der Waals surface area contributed by atoms with Crippen LogP contribution in [0.2, 0.25) is 0 Å². The van der Waals surface area contributed by atoms with Crippen molar-refractivity contribution in [2.45, 2.75) is 37.8 Å². The summed E-state index contributed by atoms with van der Waals surface area (Å²) in [5.74, 6) is 2.63. The molecule has 6 heteroatoms. The van der Waals surface area contributed by atoms with Crippen molar-refractivity contribution < 1.29 is 9.15 Å². The molecule has 0 bridgehead atoms. The van der Waals surface area contributed by atoms with Gasteiger partial charge < -0.3 is 19.4 Å². The van der Waals surface area contributed by atoms with E-state index in [9.17, 15) is 0 Å². The summed E-state index contributed by atoms with van der Waals surface area (Å²) in [5, 5.41) is 3.47. The average molecular weight is 314 g/mol. The zero-order valence-corrected chi connectivity index (χ0v) is 13.1. The first-order valence-corrected chi connectivity index (χ1v) is 8.37. The van der Waals surface area contributed by atoms with Crippen molar-refractivity contribution in [3.63, 3.8) is 0 Å². The molecule has 0 amide bonds. The number of anilines is 2. The van der Waals surface area contributed by atoms with Crippen LogP contribution in [0.5, 0.6) is 0 Å². The molecule has 122 valence electrons. The van der Waals surface area contributed by atoms with Gasteiger partial charge in [-0.3, -0.25) is 0 Å². The maximum Gasteiger partial charge on any atom is 0.227 e. The molecule has 2 saturated heterocycles. The third-order valence-electron chi connectivity index (χ3n) is 4.54. The Morgan fingerprint density at radius 1 is 1.22 bits per heavy atom. The van der Waals surface area contributed by atoms with E-state index >= 15 is 0 Å². The Balaban J connectivity index is 1.51. The minimum absolute atomic E-state index is 0.235. The predicted octanol–water partition coefficient (Wildman–Crippen LogP) is 3.00. The second-order valence-corrected chi connectivity index (χ2v) is 6.17. The standard InChI is InChI=1S/C17H22N4O2/c1-5-14(15-6-3-11-23-15)21(9-1)17-18-8-7-16(20-17)19-13-4-2-10-22-12-13/h3,6-8,11,13-14H,1-2,4-5,9-10,12H2,(H,18,19,20)/t13-,14-/m1/s1. The summed E-state index contributed by atoms with van der Waals surface area (Å²) >= 11 is 0. The van der Waals surface area contributed by atoms with E-state index in [1.54, 1.807) is 6.26 Å². The van der Waals surface area contributed by atoms with Gasteiger partial charge in [0, 0.05) is 19.3 Å². The number of furan rings is 1. The molecule has 4 rings (SSSR count). The summed E-state index contributed by atoms with van der Waals surface area (Å²) in [5.41, 5.74) is 0. The molecule has 23 heavy (non-hydrogen) atoms. The fourth-order valence-electron chi connectivity index (χ4n) is 3.41. The van der Waals surface area contributed by atoms with Crippen LogP contribution < -0.4 is 10.2 Å². The van der Waals surface area contributed by atoms with Gasteiger partial charge >= 0.3 is 0 Å². The van der Waals surface area contributed by atoms with Gasteiger partial charge in [0.25, 0.3) is 0 Å². The second-order valence-electron chi connectivity index (χ2n) is 6.17. The van der Waals surface area contributed by atoms with E-state index in [0.717, 1.165) is 63.0 Å². The molecule has 4 heterocycles. The smallest absolute Gasteiger partial charge is 0.227 e. The molecular weight excluding hydrogens is 292 g/mol. The van der Waals surface area contributed by atoms with Gasteiger partial charge in [0.15, 0.2) is 0 Å². The van der Waals surface area contributed by atoms with Crippen LogP contribution in [-0.2, 0) is 4.74 Å². The zero-order valence-electron chi connectivity index (χ0n) is 13.1. The quantitative estimate of drug-likeness (QED) is 0.936. The number of aromatic nitrogens is 2. The molecule has 0 radical (unpaired) electrons. The molecule has 2 aromatic heterocycles. The van der Waals surface area contributed by atoms with Crippen molar-refractivity contribution in [1.29, 1.82) is 0 Å². The zero-order chi connectivity index (χ0) is 15.5. The van der Waals surface area contributed by atoms with Gasteiger partial charge in [-0.05, 0) is 43.9 Å². The van der Waals surface area contributed by atoms with Crippen molar-refractivity contribution in [2.75, 3.05) is 30.0 Å². The topological polar surface area (TPSA) is 63.4 Å². The molecule has 0 aliphatic carbocycles. The van der Waals surface area contributed by atoms with E-state index in [2.05, 4.69) is 15.2 Å². The van der Waals surface area contributed by atoms with Gasteiger partial charge in [-0.25, -0.2) is 4.98 Å². The largest absolute Gasteiger partial charge is 0.467 e. The number of hydrogen-bond acceptors (Lipinski definition) is 6. The lowest BCUT2D eigenvalue weighted by molar-refractivity contribution is 0.0875. The van der Waals surface area contributed by atoms with Crippen molar-refractivity contribution in [3.8, 4) is 0 Å². The Morgan fingerprint density at radius 2 is 2.22 bits per heavy atom. The van der Waals surface area contributed by atoms with Crippen molar-refractivity contribution >= 4 is 11.8 Å². The van der Waals surface area contributed by atoms with Gasteiger partial charge in [0.05, 0.1) is 25.0 Å². The highest BCUT2D eigenvalue weighted by atomic mass is 16.5. The first-order chi connectivity index (χ1) is 11.4. The molecule has 1 N–H and O–H groups in total. The van der Waals surface area contributed by atoms with E-state index < -0.39 is 0 Å². The third-order valence-corrected chi connectivity index (χ3v) is 4.54. The maximum atomic E-state index is 5.59. The Labute approximate surface area is 135 Å². The fraction of sp³-hybridized carbons (Fsp3) is 0.529. The Morgan fingerprint density at radius 3 is 3.04 bits per heavy atom. The van der Waals surface area contributed by atoms with E-state index in [1.165, 1.54) is 0 Å². The highest BCUT2D eigenvalue weighted by Gasteiger charge is 2.30. The van der Waals surface area contributed by atoms with E-state index in [4.69, 9.17) is 14.1 Å². The van der Waals surface area contributed by atoms with Crippen LogP contribution in [0.3, 0.4) is 0 Å². The first kappa shape index (κ1) is 14.5. The van der Waals surface area contributed by atoms with E-state index in [1.807, 2.05) is 24.4 Å². The first-order valence-electron chi connectivity index (χ1n) is 8.37. The highest BCUT2D eigenvalue weighted by Crippen LogP contribution is 2.34. The van der Waals surface area contributed by atoms with Crippen LogP contribution in [0.1, 0.15) is 37.5 Å². The van der Waals surface area contributed by atoms with Crippen molar-refractivity contribution in [2.24, 2.45) is 0 Å². The molecule has 6 nitrogen and oxygen atoms in total. The van der Waals surface area contributed by atoms with Gasteiger partial charge in [-0.1, -0.05) is 0 Å². The molecular formula is C17H22N4O2. The lowest BCUT2D eigenvalue weighted by atomic mass is 10.1. The predicted molar refractivity (Wildman–Crippen MR) is 87.5 cm³/mol. The summed E-state index contributed by atoms with van der Waals surface area (Å²) in [6.07, 6.45) is 7.98. The minimum atomic E-state index is 0.235. The second kappa shape index (κ2) is 6.58. The molecule has 2 atom stereocenters. The van der Waals surface area contributed by atoms with Crippen molar-refractivity contribution in [1.82, 2.24) is 9.97 Å². The Kier molecular flexibility index (Phi) is 4.15. The molecule has 2 aromatic rings. The lowest BCUT2D eigenvalue weighted by Gasteiger charge is -2.25. The molecule has 0 saturated carbocycles. The lowest BCUT2D eigenvalue weighted by Crippen LogP contribution is -2.31. The summed E-state index contributed by atoms with van der Waals surface area (Å²) in [6.45, 7) is 2.57. The minimum Gasteiger partial charge on any atom is -0.467 e. The van der Waals surface area contributed by atoms with Crippen molar-refractivity contribution in [3.05, 3.63) is 36.4 Å².